The van der Waals surface area contributed by atoms with E-state index in [4.69, 9.17) is 9.47 Å². The van der Waals surface area contributed by atoms with Crippen LogP contribution in [-0.4, -0.2) is 79.0 Å². The van der Waals surface area contributed by atoms with Crippen LogP contribution in [0.25, 0.3) is 0 Å². The van der Waals surface area contributed by atoms with Crippen LogP contribution in [0.15, 0.2) is 90.1 Å². The third kappa shape index (κ3) is 6.28. The highest BCUT2D eigenvalue weighted by molar-refractivity contribution is 5.95. The molecule has 0 saturated carbocycles. The summed E-state index contributed by atoms with van der Waals surface area (Å²) in [6, 6.07) is 21.4. The first-order chi connectivity index (χ1) is 20.4. The highest BCUT2D eigenvalue weighted by Crippen LogP contribution is 2.34. The molecule has 0 spiro atoms. The Morgan fingerprint density at radius 1 is 0.929 bits per heavy atom. The van der Waals surface area contributed by atoms with Gasteiger partial charge in [0.15, 0.2) is 0 Å². The lowest BCUT2D eigenvalue weighted by Crippen LogP contribution is -2.53. The lowest BCUT2D eigenvalue weighted by molar-refractivity contribution is -0.139. The molecule has 0 aliphatic carbocycles. The zero-order valence-electron chi connectivity index (χ0n) is 23.6. The van der Waals surface area contributed by atoms with Crippen LogP contribution < -0.4 is 10.1 Å². The van der Waals surface area contributed by atoms with Crippen molar-refractivity contribution in [3.05, 3.63) is 107 Å². The van der Waals surface area contributed by atoms with E-state index in [0.717, 1.165) is 0 Å². The second-order valence-corrected chi connectivity index (χ2v) is 10.1. The number of ether oxygens (including phenoxy) is 2. The number of urea groups is 1. The highest BCUT2D eigenvalue weighted by Gasteiger charge is 2.38. The van der Waals surface area contributed by atoms with Gasteiger partial charge < -0.3 is 19.7 Å². The summed E-state index contributed by atoms with van der Waals surface area (Å²) in [4.78, 5) is 44.6. The number of esters is 1. The summed E-state index contributed by atoms with van der Waals surface area (Å²) in [6.45, 7) is 3.93. The molecule has 1 atom stereocenters. The Morgan fingerprint density at radius 3 is 2.33 bits per heavy atom. The van der Waals surface area contributed by atoms with E-state index < -0.39 is 17.8 Å². The average Bonchev–Trinajstić information content (AvgIpc) is 3.00. The lowest BCUT2D eigenvalue weighted by Gasteiger charge is -2.39. The minimum atomic E-state index is -0.758. The standard InChI is InChI=1S/C32H33FN4O5/c1-3-41-31(39)28-27(21-36-16-18-37(19-17-36)30(38)25-14-7-8-15-26(25)33)35(2)32(40)34-29(28)22-10-9-13-24(20-22)42-23-11-5-4-6-12-23/h4-15,20,29H,3,16-19,21H2,1-2H3,(H,34,40)/t29-/m0/s1. The molecule has 3 amide bonds. The second-order valence-electron chi connectivity index (χ2n) is 10.1. The number of piperazine rings is 1. The minimum absolute atomic E-state index is 0.0447. The molecular weight excluding hydrogens is 539 g/mol. The van der Waals surface area contributed by atoms with Gasteiger partial charge >= 0.3 is 12.0 Å². The molecule has 1 fully saturated rings. The van der Waals surface area contributed by atoms with E-state index in [2.05, 4.69) is 10.2 Å². The summed E-state index contributed by atoms with van der Waals surface area (Å²) < 4.78 is 25.7. The monoisotopic (exact) mass is 572 g/mol. The van der Waals surface area contributed by atoms with Crippen LogP contribution in [0.2, 0.25) is 0 Å². The van der Waals surface area contributed by atoms with Gasteiger partial charge in [0.25, 0.3) is 5.91 Å². The Labute approximate surface area is 244 Å². The number of carbonyl (C=O) groups is 3. The van der Waals surface area contributed by atoms with Crippen LogP contribution in [0.5, 0.6) is 11.5 Å². The summed E-state index contributed by atoms with van der Waals surface area (Å²) in [7, 11) is 1.62. The van der Waals surface area contributed by atoms with E-state index in [9.17, 15) is 18.8 Å². The Kier molecular flexibility index (Phi) is 8.83. The maximum atomic E-state index is 14.2. The van der Waals surface area contributed by atoms with E-state index in [0.29, 0.717) is 54.5 Å². The maximum absolute atomic E-state index is 14.2. The Balaban J connectivity index is 1.39. The van der Waals surface area contributed by atoms with Gasteiger partial charge in [-0.2, -0.15) is 0 Å². The molecule has 2 aliphatic rings. The van der Waals surface area contributed by atoms with Crippen LogP contribution in [0.3, 0.4) is 0 Å². The summed E-state index contributed by atoms with van der Waals surface area (Å²) in [5.41, 5.74) is 1.57. The fourth-order valence-corrected chi connectivity index (χ4v) is 5.16. The molecule has 5 rings (SSSR count). The van der Waals surface area contributed by atoms with Gasteiger partial charge in [0.05, 0.1) is 23.8 Å². The molecule has 1 saturated heterocycles. The Morgan fingerprint density at radius 2 is 1.62 bits per heavy atom. The number of carbonyl (C=O) groups excluding carboxylic acids is 3. The number of hydrogen-bond donors (Lipinski definition) is 1. The first kappa shape index (κ1) is 28.8. The summed E-state index contributed by atoms with van der Waals surface area (Å²) in [6.07, 6.45) is 0. The number of nitrogens with one attached hydrogen (secondary N) is 1. The maximum Gasteiger partial charge on any atom is 0.338 e. The predicted molar refractivity (Wildman–Crippen MR) is 154 cm³/mol. The summed E-state index contributed by atoms with van der Waals surface area (Å²) >= 11 is 0. The molecule has 2 aliphatic heterocycles. The third-order valence-corrected chi connectivity index (χ3v) is 7.38. The average molecular weight is 573 g/mol. The molecule has 2 heterocycles. The van der Waals surface area contributed by atoms with E-state index in [1.807, 2.05) is 48.5 Å². The van der Waals surface area contributed by atoms with E-state index in [-0.39, 0.29) is 30.7 Å². The first-order valence-electron chi connectivity index (χ1n) is 13.9. The number of para-hydroxylation sites is 1. The van der Waals surface area contributed by atoms with Crippen molar-refractivity contribution in [2.24, 2.45) is 0 Å². The topological polar surface area (TPSA) is 91.4 Å². The lowest BCUT2D eigenvalue weighted by atomic mass is 9.94. The molecule has 0 bridgehead atoms. The number of hydrogen-bond acceptors (Lipinski definition) is 6. The van der Waals surface area contributed by atoms with Gasteiger partial charge in [-0.3, -0.25) is 14.6 Å². The van der Waals surface area contributed by atoms with Crippen LogP contribution in [0.1, 0.15) is 28.9 Å². The van der Waals surface area contributed by atoms with Crippen LogP contribution >= 0.6 is 0 Å². The van der Waals surface area contributed by atoms with Crippen LogP contribution in [0, 0.1) is 5.82 Å². The van der Waals surface area contributed by atoms with Gasteiger partial charge in [-0.05, 0) is 48.9 Å². The molecule has 42 heavy (non-hydrogen) atoms. The number of amides is 3. The molecule has 218 valence electrons. The second kappa shape index (κ2) is 12.9. The normalized spacial score (nSPS) is 17.6. The number of likely N-dealkylation sites (N-methyl/N-ethyl adjacent to an activating group) is 1. The number of halogens is 1. The molecule has 0 unspecified atom stereocenters. The fraction of sp³-hybridized carbons (Fsp3) is 0.281. The van der Waals surface area contributed by atoms with Gasteiger partial charge in [0.2, 0.25) is 0 Å². The van der Waals surface area contributed by atoms with Gasteiger partial charge in [-0.25, -0.2) is 14.0 Å². The smallest absolute Gasteiger partial charge is 0.338 e. The van der Waals surface area contributed by atoms with Gasteiger partial charge in [0.1, 0.15) is 17.3 Å². The molecule has 1 N–H and O–H groups in total. The molecular formula is C32H33FN4O5. The molecule has 10 heteroatoms. The van der Waals surface area contributed by atoms with Crippen molar-refractivity contribution in [3.8, 4) is 11.5 Å². The van der Waals surface area contributed by atoms with Crippen molar-refractivity contribution >= 4 is 17.9 Å². The van der Waals surface area contributed by atoms with E-state index >= 15 is 0 Å². The first-order valence-corrected chi connectivity index (χ1v) is 13.9. The van der Waals surface area contributed by atoms with Crippen molar-refractivity contribution < 1.29 is 28.2 Å². The zero-order valence-corrected chi connectivity index (χ0v) is 23.6. The van der Waals surface area contributed by atoms with Crippen molar-refractivity contribution in [1.82, 2.24) is 20.0 Å². The predicted octanol–water partition coefficient (Wildman–Crippen LogP) is 4.59. The third-order valence-electron chi connectivity index (χ3n) is 7.38. The van der Waals surface area contributed by atoms with Crippen molar-refractivity contribution in [3.63, 3.8) is 0 Å². The SMILES string of the molecule is CCOC(=O)C1=C(CN2CCN(C(=O)c3ccccc3F)CC2)N(C)C(=O)N[C@H]1c1cccc(Oc2ccccc2)c1. The van der Waals surface area contributed by atoms with Gasteiger partial charge in [-0.15, -0.1) is 0 Å². The quantitative estimate of drug-likeness (QED) is 0.397. The van der Waals surface area contributed by atoms with E-state index in [1.165, 1.54) is 17.0 Å². The largest absolute Gasteiger partial charge is 0.463 e. The van der Waals surface area contributed by atoms with Crippen molar-refractivity contribution in [1.29, 1.82) is 0 Å². The fourth-order valence-electron chi connectivity index (χ4n) is 5.16. The summed E-state index contributed by atoms with van der Waals surface area (Å²) in [5.74, 6) is -0.199. The highest BCUT2D eigenvalue weighted by atomic mass is 19.1. The Hall–Kier alpha value is -4.70. The molecule has 0 aromatic heterocycles. The molecule has 0 radical (unpaired) electrons. The van der Waals surface area contributed by atoms with Crippen molar-refractivity contribution in [2.45, 2.75) is 13.0 Å². The van der Waals surface area contributed by atoms with Crippen molar-refractivity contribution in [2.75, 3.05) is 46.4 Å². The van der Waals surface area contributed by atoms with Crippen LogP contribution in [-0.2, 0) is 9.53 Å². The van der Waals surface area contributed by atoms with Gasteiger partial charge in [-0.1, -0.05) is 42.5 Å². The zero-order chi connectivity index (χ0) is 29.6. The number of rotatable bonds is 8. The molecule has 9 nitrogen and oxygen atoms in total. The molecule has 3 aromatic rings. The Bertz CT molecular complexity index is 1490. The van der Waals surface area contributed by atoms with Crippen LogP contribution in [0.4, 0.5) is 9.18 Å². The number of benzene rings is 3. The summed E-state index contributed by atoms with van der Waals surface area (Å²) in [5, 5.41) is 2.94. The van der Waals surface area contributed by atoms with Gasteiger partial charge in [0, 0.05) is 45.5 Å². The molecule has 3 aromatic carbocycles. The minimum Gasteiger partial charge on any atom is -0.463 e. The van der Waals surface area contributed by atoms with E-state index in [1.54, 1.807) is 37.1 Å². The number of nitrogens with zero attached hydrogens (tertiary/aromatic N) is 3.